The number of carbonyl (C=O) groups is 2. The molecule has 1 saturated carbocycles. The van der Waals surface area contributed by atoms with Gasteiger partial charge in [-0.15, -0.1) is 0 Å². The van der Waals surface area contributed by atoms with Crippen LogP contribution in [0, 0.1) is 18.3 Å². The molecule has 6 heteroatoms. The number of hydrogen-bond acceptors (Lipinski definition) is 4. The predicted molar refractivity (Wildman–Crippen MR) is 90.5 cm³/mol. The van der Waals surface area contributed by atoms with Gasteiger partial charge in [0.1, 0.15) is 5.76 Å². The number of hydrogen-bond donors (Lipinski definition) is 3. The number of aryl methyl sites for hydroxylation is 1. The topological polar surface area (TPSA) is 91.6 Å². The molecule has 0 aromatic carbocycles. The number of carbonyl (C=O) groups excluding carboxylic acids is 2. The van der Waals surface area contributed by atoms with E-state index < -0.39 is 5.54 Å². The minimum atomic E-state index is -0.617. The summed E-state index contributed by atoms with van der Waals surface area (Å²) < 4.78 is 5.09. The zero-order valence-electron chi connectivity index (χ0n) is 14.9. The molecular formula is C18H28N2O4. The molecule has 3 N–H and O–H groups in total. The highest BCUT2D eigenvalue weighted by molar-refractivity contribution is 5.97. The van der Waals surface area contributed by atoms with Crippen molar-refractivity contribution in [1.29, 1.82) is 0 Å². The number of aliphatic hydroxyl groups is 1. The molecule has 2 atom stereocenters. The molecule has 6 nitrogen and oxygen atoms in total. The Balaban J connectivity index is 1.95. The van der Waals surface area contributed by atoms with Crippen molar-refractivity contribution in [2.75, 3.05) is 13.2 Å². The van der Waals surface area contributed by atoms with Crippen LogP contribution < -0.4 is 10.6 Å². The van der Waals surface area contributed by atoms with Gasteiger partial charge in [-0.3, -0.25) is 9.59 Å². The monoisotopic (exact) mass is 336 g/mol. The van der Waals surface area contributed by atoms with Crippen molar-refractivity contribution in [2.45, 2.75) is 52.5 Å². The normalized spacial score (nSPS) is 26.0. The van der Waals surface area contributed by atoms with Crippen LogP contribution >= 0.6 is 0 Å². The summed E-state index contributed by atoms with van der Waals surface area (Å²) in [4.78, 5) is 24.3. The van der Waals surface area contributed by atoms with Crippen molar-refractivity contribution >= 4 is 11.8 Å². The first-order valence-corrected chi connectivity index (χ1v) is 8.41. The van der Waals surface area contributed by atoms with Gasteiger partial charge in [-0.1, -0.05) is 20.8 Å². The maximum Gasteiger partial charge on any atom is 0.255 e. The Labute approximate surface area is 143 Å². The smallest absolute Gasteiger partial charge is 0.255 e. The van der Waals surface area contributed by atoms with Gasteiger partial charge < -0.3 is 20.2 Å². The summed E-state index contributed by atoms with van der Waals surface area (Å²) in [7, 11) is 0. The first kappa shape index (κ1) is 18.5. The van der Waals surface area contributed by atoms with Crippen LogP contribution in [0.1, 0.15) is 56.2 Å². The Morgan fingerprint density at radius 1 is 1.38 bits per heavy atom. The molecule has 1 aliphatic carbocycles. The summed E-state index contributed by atoms with van der Waals surface area (Å²) >= 11 is 0. The molecule has 1 aromatic heterocycles. The lowest BCUT2D eigenvalue weighted by atomic mass is 9.64. The number of nitrogens with one attached hydrogen (secondary N) is 2. The Kier molecular flexibility index (Phi) is 5.38. The van der Waals surface area contributed by atoms with Crippen LogP contribution in [-0.4, -0.2) is 35.6 Å². The number of rotatable bonds is 5. The summed E-state index contributed by atoms with van der Waals surface area (Å²) in [6.07, 6.45) is 3.98. The van der Waals surface area contributed by atoms with Crippen LogP contribution in [0.5, 0.6) is 0 Å². The van der Waals surface area contributed by atoms with Gasteiger partial charge in [0.05, 0.1) is 30.5 Å². The fourth-order valence-electron chi connectivity index (χ4n) is 4.21. The molecule has 0 bridgehead atoms. The van der Waals surface area contributed by atoms with Gasteiger partial charge in [0.15, 0.2) is 0 Å². The van der Waals surface area contributed by atoms with Crippen LogP contribution in [0.4, 0.5) is 0 Å². The van der Waals surface area contributed by atoms with E-state index in [1.807, 2.05) is 0 Å². The Bertz CT molecular complexity index is 608. The molecule has 1 fully saturated rings. The highest BCUT2D eigenvalue weighted by Gasteiger charge is 2.43. The molecule has 1 aliphatic rings. The van der Waals surface area contributed by atoms with Crippen LogP contribution in [0.25, 0.3) is 0 Å². The molecule has 134 valence electrons. The highest BCUT2D eigenvalue weighted by Crippen LogP contribution is 2.43. The quantitative estimate of drug-likeness (QED) is 0.767. The van der Waals surface area contributed by atoms with Gasteiger partial charge in [0, 0.05) is 0 Å². The highest BCUT2D eigenvalue weighted by atomic mass is 16.3. The third-order valence-electron chi connectivity index (χ3n) is 4.68. The van der Waals surface area contributed by atoms with Gasteiger partial charge in [-0.25, -0.2) is 0 Å². The van der Waals surface area contributed by atoms with Crippen molar-refractivity contribution in [3.05, 3.63) is 23.7 Å². The maximum atomic E-state index is 12.3. The van der Waals surface area contributed by atoms with E-state index in [4.69, 9.17) is 4.42 Å². The molecule has 0 saturated heterocycles. The lowest BCUT2D eigenvalue weighted by molar-refractivity contribution is -0.124. The Morgan fingerprint density at radius 2 is 2.08 bits per heavy atom. The number of amides is 2. The van der Waals surface area contributed by atoms with Crippen molar-refractivity contribution in [1.82, 2.24) is 10.6 Å². The molecule has 1 heterocycles. The largest absolute Gasteiger partial charge is 0.469 e. The standard InChI is InChI=1S/C18H28N2O4/c1-12-7-17(3,4)10-18(8-12,11-21)20-15(22)9-19-16(23)14-5-6-24-13(14)2/h5-6,12,21H,7-11H2,1-4H3,(H,19,23)(H,20,22)/t12-,18-/m0/s1. The van der Waals surface area contributed by atoms with Crippen LogP contribution in [0.3, 0.4) is 0 Å². The average molecular weight is 336 g/mol. The van der Waals surface area contributed by atoms with Gasteiger partial charge in [-0.2, -0.15) is 0 Å². The average Bonchev–Trinajstić information content (AvgIpc) is 2.88. The summed E-state index contributed by atoms with van der Waals surface area (Å²) in [6.45, 7) is 7.93. The van der Waals surface area contributed by atoms with Gasteiger partial charge in [0.2, 0.25) is 5.91 Å². The minimum Gasteiger partial charge on any atom is -0.469 e. The fraction of sp³-hybridized carbons (Fsp3) is 0.667. The Morgan fingerprint density at radius 3 is 2.62 bits per heavy atom. The van der Waals surface area contributed by atoms with Crippen molar-refractivity contribution < 1.29 is 19.1 Å². The molecular weight excluding hydrogens is 308 g/mol. The summed E-state index contributed by atoms with van der Waals surface area (Å²) in [5.74, 6) is 0.308. The Hall–Kier alpha value is -1.82. The van der Waals surface area contributed by atoms with Gasteiger partial charge in [0.25, 0.3) is 5.91 Å². The van der Waals surface area contributed by atoms with E-state index in [0.717, 1.165) is 19.3 Å². The van der Waals surface area contributed by atoms with E-state index >= 15 is 0 Å². The van der Waals surface area contributed by atoms with Crippen LogP contribution in [-0.2, 0) is 4.79 Å². The molecule has 0 spiro atoms. The van der Waals surface area contributed by atoms with Crippen LogP contribution in [0.2, 0.25) is 0 Å². The zero-order valence-corrected chi connectivity index (χ0v) is 14.9. The number of furan rings is 1. The SMILES string of the molecule is Cc1occc1C(=O)NCC(=O)N[C@@]1(CO)C[C@@H](C)CC(C)(C)C1. The van der Waals surface area contributed by atoms with Crippen LogP contribution in [0.15, 0.2) is 16.7 Å². The summed E-state index contributed by atoms with van der Waals surface area (Å²) in [5.41, 5.74) is -0.133. The maximum absolute atomic E-state index is 12.3. The van der Waals surface area contributed by atoms with E-state index in [1.54, 1.807) is 13.0 Å². The van der Waals surface area contributed by atoms with Gasteiger partial charge in [-0.05, 0) is 43.6 Å². The lowest BCUT2D eigenvalue weighted by Gasteiger charge is -2.47. The minimum absolute atomic E-state index is 0.0603. The van der Waals surface area contributed by atoms with E-state index in [0.29, 0.717) is 17.2 Å². The molecule has 0 radical (unpaired) electrons. The lowest BCUT2D eigenvalue weighted by Crippen LogP contribution is -2.58. The molecule has 0 aliphatic heterocycles. The molecule has 2 amide bonds. The van der Waals surface area contributed by atoms with Crippen molar-refractivity contribution in [2.24, 2.45) is 11.3 Å². The molecule has 2 rings (SSSR count). The predicted octanol–water partition coefficient (Wildman–Crippen LogP) is 2.01. The zero-order chi connectivity index (χ0) is 18.0. The molecule has 1 aromatic rings. The summed E-state index contributed by atoms with van der Waals surface area (Å²) in [5, 5.41) is 15.4. The van der Waals surface area contributed by atoms with Crippen molar-refractivity contribution in [3.8, 4) is 0 Å². The number of aliphatic hydroxyl groups excluding tert-OH is 1. The van der Waals surface area contributed by atoms with E-state index in [2.05, 4.69) is 31.4 Å². The second kappa shape index (κ2) is 6.97. The van der Waals surface area contributed by atoms with E-state index in [1.165, 1.54) is 6.26 Å². The van der Waals surface area contributed by atoms with E-state index in [-0.39, 0.29) is 30.4 Å². The molecule has 0 unspecified atom stereocenters. The second-order valence-electron chi connectivity index (χ2n) is 7.91. The third-order valence-corrected chi connectivity index (χ3v) is 4.68. The summed E-state index contributed by atoms with van der Waals surface area (Å²) in [6, 6.07) is 1.57. The first-order chi connectivity index (χ1) is 11.2. The van der Waals surface area contributed by atoms with Gasteiger partial charge >= 0.3 is 0 Å². The fourth-order valence-corrected chi connectivity index (χ4v) is 4.21. The second-order valence-corrected chi connectivity index (χ2v) is 7.91. The first-order valence-electron chi connectivity index (χ1n) is 8.41. The van der Waals surface area contributed by atoms with Crippen molar-refractivity contribution in [3.63, 3.8) is 0 Å². The van der Waals surface area contributed by atoms with E-state index in [9.17, 15) is 14.7 Å². The third kappa shape index (κ3) is 4.38. The molecule has 24 heavy (non-hydrogen) atoms.